The first kappa shape index (κ1) is 16.1. The van der Waals surface area contributed by atoms with Gasteiger partial charge in [-0.25, -0.2) is 0 Å². The average molecular weight is 342 g/mol. The van der Waals surface area contributed by atoms with Gasteiger partial charge in [-0.3, -0.25) is 9.59 Å². The molecule has 2 aromatic rings. The van der Waals surface area contributed by atoms with Crippen molar-refractivity contribution < 1.29 is 19.1 Å². The van der Waals surface area contributed by atoms with Crippen LogP contribution < -0.4 is 0 Å². The van der Waals surface area contributed by atoms with Crippen molar-refractivity contribution in [1.29, 1.82) is 0 Å². The number of fused-ring (bicyclic) bond motifs is 1. The lowest BCUT2D eigenvalue weighted by molar-refractivity contribution is -0.136. The van der Waals surface area contributed by atoms with Crippen molar-refractivity contribution in [2.24, 2.45) is 0 Å². The number of carbonyl (C=O) groups excluding carboxylic acids is 2. The molecule has 0 bridgehead atoms. The maximum atomic E-state index is 12.9. The SMILES string of the molecule is O=C([C@@H]1CCCN1C(=O)c1cc2ccccc2o1)N1CCC[C@H]1CO. The van der Waals surface area contributed by atoms with E-state index in [1.165, 1.54) is 0 Å². The normalized spacial score (nSPS) is 23.6. The van der Waals surface area contributed by atoms with Crippen LogP contribution in [0.1, 0.15) is 36.2 Å². The lowest BCUT2D eigenvalue weighted by Gasteiger charge is -2.30. The van der Waals surface area contributed by atoms with Crippen LogP contribution in [0.15, 0.2) is 34.7 Å². The molecular formula is C19H22N2O4. The third kappa shape index (κ3) is 2.80. The van der Waals surface area contributed by atoms with E-state index in [-0.39, 0.29) is 30.2 Å². The van der Waals surface area contributed by atoms with Gasteiger partial charge in [-0.15, -0.1) is 0 Å². The summed E-state index contributed by atoms with van der Waals surface area (Å²) in [6, 6.07) is 8.67. The van der Waals surface area contributed by atoms with Gasteiger partial charge in [0.05, 0.1) is 12.6 Å². The molecule has 4 rings (SSSR count). The summed E-state index contributed by atoms with van der Waals surface area (Å²) < 4.78 is 5.68. The van der Waals surface area contributed by atoms with Crippen molar-refractivity contribution in [3.8, 4) is 0 Å². The van der Waals surface area contributed by atoms with Gasteiger partial charge in [-0.05, 0) is 37.8 Å². The quantitative estimate of drug-likeness (QED) is 0.926. The molecule has 6 nitrogen and oxygen atoms in total. The highest BCUT2D eigenvalue weighted by Gasteiger charge is 2.40. The number of furan rings is 1. The Bertz CT molecular complexity index is 767. The van der Waals surface area contributed by atoms with Crippen molar-refractivity contribution in [2.45, 2.75) is 37.8 Å². The predicted molar refractivity (Wildman–Crippen MR) is 92.1 cm³/mol. The van der Waals surface area contributed by atoms with Gasteiger partial charge in [0.1, 0.15) is 11.6 Å². The number of hydrogen-bond donors (Lipinski definition) is 1. The van der Waals surface area contributed by atoms with Crippen LogP contribution in [0.3, 0.4) is 0 Å². The topological polar surface area (TPSA) is 74.0 Å². The van der Waals surface area contributed by atoms with Crippen molar-refractivity contribution in [2.75, 3.05) is 19.7 Å². The number of aliphatic hydroxyl groups excluding tert-OH is 1. The molecule has 2 aliphatic rings. The highest BCUT2D eigenvalue weighted by molar-refractivity contribution is 5.99. The average Bonchev–Trinajstić information content (AvgIpc) is 3.38. The summed E-state index contributed by atoms with van der Waals surface area (Å²) in [6.07, 6.45) is 3.20. The van der Waals surface area contributed by atoms with E-state index >= 15 is 0 Å². The molecule has 1 aromatic heterocycles. The summed E-state index contributed by atoms with van der Waals surface area (Å²) in [4.78, 5) is 29.2. The highest BCUT2D eigenvalue weighted by atomic mass is 16.3. The van der Waals surface area contributed by atoms with E-state index in [9.17, 15) is 14.7 Å². The van der Waals surface area contributed by atoms with Gasteiger partial charge in [0, 0.05) is 18.5 Å². The molecule has 2 atom stereocenters. The van der Waals surface area contributed by atoms with Crippen molar-refractivity contribution in [3.63, 3.8) is 0 Å². The molecule has 0 aliphatic carbocycles. The van der Waals surface area contributed by atoms with Crippen molar-refractivity contribution in [1.82, 2.24) is 9.80 Å². The van der Waals surface area contributed by atoms with Crippen LogP contribution >= 0.6 is 0 Å². The number of aliphatic hydroxyl groups is 1. The lowest BCUT2D eigenvalue weighted by atomic mass is 10.1. The summed E-state index contributed by atoms with van der Waals surface area (Å²) in [5.41, 5.74) is 0.674. The maximum Gasteiger partial charge on any atom is 0.290 e. The Morgan fingerprint density at radius 2 is 1.88 bits per heavy atom. The van der Waals surface area contributed by atoms with E-state index in [4.69, 9.17) is 4.42 Å². The molecule has 1 N–H and O–H groups in total. The first-order valence-electron chi connectivity index (χ1n) is 8.90. The first-order valence-corrected chi connectivity index (χ1v) is 8.90. The summed E-state index contributed by atoms with van der Waals surface area (Å²) >= 11 is 0. The Balaban J connectivity index is 1.56. The molecule has 0 radical (unpaired) electrons. The van der Waals surface area contributed by atoms with Crippen LogP contribution in [0, 0.1) is 0 Å². The molecule has 6 heteroatoms. The summed E-state index contributed by atoms with van der Waals surface area (Å²) in [7, 11) is 0. The first-order chi connectivity index (χ1) is 12.2. The molecule has 132 valence electrons. The largest absolute Gasteiger partial charge is 0.451 e. The molecule has 2 saturated heterocycles. The maximum absolute atomic E-state index is 12.9. The Morgan fingerprint density at radius 3 is 2.68 bits per heavy atom. The van der Waals surface area contributed by atoms with Gasteiger partial charge in [-0.1, -0.05) is 18.2 Å². The molecule has 25 heavy (non-hydrogen) atoms. The second kappa shape index (κ2) is 6.52. The zero-order valence-electron chi connectivity index (χ0n) is 14.1. The van der Waals surface area contributed by atoms with E-state index in [0.717, 1.165) is 24.6 Å². The van der Waals surface area contributed by atoms with Crippen molar-refractivity contribution in [3.05, 3.63) is 36.1 Å². The van der Waals surface area contributed by atoms with Gasteiger partial charge in [-0.2, -0.15) is 0 Å². The molecule has 0 unspecified atom stereocenters. The fraction of sp³-hybridized carbons (Fsp3) is 0.474. The molecule has 2 fully saturated rings. The van der Waals surface area contributed by atoms with Crippen LogP contribution in [0.4, 0.5) is 0 Å². The summed E-state index contributed by atoms with van der Waals surface area (Å²) in [5.74, 6) is 0.00587. The molecule has 2 amide bonds. The lowest BCUT2D eigenvalue weighted by Crippen LogP contribution is -2.49. The number of hydrogen-bond acceptors (Lipinski definition) is 4. The minimum atomic E-state index is -0.451. The fourth-order valence-electron chi connectivity index (χ4n) is 4.00. The fourth-order valence-corrected chi connectivity index (χ4v) is 4.00. The zero-order valence-corrected chi connectivity index (χ0v) is 14.1. The van der Waals surface area contributed by atoms with Crippen LogP contribution in [-0.4, -0.2) is 58.5 Å². The van der Waals surface area contributed by atoms with E-state index in [1.54, 1.807) is 15.9 Å². The second-order valence-electron chi connectivity index (χ2n) is 6.82. The molecule has 2 aliphatic heterocycles. The van der Waals surface area contributed by atoms with Gasteiger partial charge in [0.15, 0.2) is 5.76 Å². The van der Waals surface area contributed by atoms with Gasteiger partial charge < -0.3 is 19.3 Å². The van der Waals surface area contributed by atoms with Crippen LogP contribution in [0.5, 0.6) is 0 Å². The number of benzene rings is 1. The number of likely N-dealkylation sites (tertiary alicyclic amines) is 2. The third-order valence-corrected chi connectivity index (χ3v) is 5.31. The third-order valence-electron chi connectivity index (χ3n) is 5.31. The van der Waals surface area contributed by atoms with E-state index in [0.29, 0.717) is 25.1 Å². The number of para-hydroxylation sites is 1. The van der Waals surface area contributed by atoms with E-state index < -0.39 is 6.04 Å². The Labute approximate surface area is 146 Å². The highest BCUT2D eigenvalue weighted by Crippen LogP contribution is 2.27. The number of rotatable bonds is 3. The number of nitrogens with zero attached hydrogens (tertiary/aromatic N) is 2. The summed E-state index contributed by atoms with van der Waals surface area (Å²) in [5, 5.41) is 10.4. The number of carbonyl (C=O) groups is 2. The van der Waals surface area contributed by atoms with E-state index in [1.807, 2.05) is 24.3 Å². The standard InChI is InChI=1S/C19H22N2O4/c22-12-14-6-3-9-20(14)18(23)15-7-4-10-21(15)19(24)17-11-13-5-1-2-8-16(13)25-17/h1-2,5,8,11,14-15,22H,3-4,6-7,9-10,12H2/t14-,15-/m0/s1. The predicted octanol–water partition coefficient (Wildman–Crippen LogP) is 2.02. The van der Waals surface area contributed by atoms with Crippen LogP contribution in [-0.2, 0) is 4.79 Å². The molecule has 1 aromatic carbocycles. The Morgan fingerprint density at radius 1 is 1.12 bits per heavy atom. The van der Waals surface area contributed by atoms with Gasteiger partial charge >= 0.3 is 0 Å². The Kier molecular flexibility index (Phi) is 4.21. The monoisotopic (exact) mass is 342 g/mol. The van der Waals surface area contributed by atoms with Crippen molar-refractivity contribution >= 4 is 22.8 Å². The van der Waals surface area contributed by atoms with Gasteiger partial charge in [0.2, 0.25) is 5.91 Å². The van der Waals surface area contributed by atoms with E-state index in [2.05, 4.69) is 0 Å². The molecule has 0 spiro atoms. The number of amides is 2. The summed E-state index contributed by atoms with van der Waals surface area (Å²) in [6.45, 7) is 1.20. The Hall–Kier alpha value is -2.34. The smallest absolute Gasteiger partial charge is 0.290 e. The minimum Gasteiger partial charge on any atom is -0.451 e. The molecule has 3 heterocycles. The molecule has 0 saturated carbocycles. The van der Waals surface area contributed by atoms with Crippen LogP contribution in [0.25, 0.3) is 11.0 Å². The van der Waals surface area contributed by atoms with Gasteiger partial charge in [0.25, 0.3) is 5.91 Å². The minimum absolute atomic E-state index is 0.0179. The van der Waals surface area contributed by atoms with Crippen LogP contribution in [0.2, 0.25) is 0 Å². The zero-order chi connectivity index (χ0) is 17.4. The molecular weight excluding hydrogens is 320 g/mol. The second-order valence-corrected chi connectivity index (χ2v) is 6.82.